The van der Waals surface area contributed by atoms with Crippen LogP contribution in [0.3, 0.4) is 0 Å². The summed E-state index contributed by atoms with van der Waals surface area (Å²) in [4.78, 5) is 10.9. The van der Waals surface area contributed by atoms with Crippen LogP contribution in [0.15, 0.2) is 24.3 Å². The van der Waals surface area contributed by atoms with Crippen molar-refractivity contribution in [1.29, 1.82) is 0 Å². The van der Waals surface area contributed by atoms with Crippen LogP contribution in [0.4, 0.5) is 0 Å². The number of rotatable bonds is 1. The molecule has 1 aliphatic rings. The van der Waals surface area contributed by atoms with E-state index < -0.39 is 11.5 Å². The lowest BCUT2D eigenvalue weighted by Crippen LogP contribution is -2.46. The van der Waals surface area contributed by atoms with Crippen molar-refractivity contribution in [3.05, 3.63) is 29.8 Å². The quantitative estimate of drug-likeness (QED) is 0.651. The van der Waals surface area contributed by atoms with E-state index in [2.05, 4.69) is 0 Å². The summed E-state index contributed by atoms with van der Waals surface area (Å²) in [7, 11) is 0. The molecule has 2 rings (SSSR count). The highest BCUT2D eigenvalue weighted by molar-refractivity contribution is 5.82. The molecule has 3 N–H and O–H groups in total. The van der Waals surface area contributed by atoms with Crippen LogP contribution in [0, 0.1) is 0 Å². The molecule has 4 heteroatoms. The highest BCUT2D eigenvalue weighted by atomic mass is 16.5. The van der Waals surface area contributed by atoms with E-state index in [9.17, 15) is 4.79 Å². The van der Waals surface area contributed by atoms with Crippen molar-refractivity contribution < 1.29 is 14.6 Å². The third-order valence-electron chi connectivity index (χ3n) is 2.20. The van der Waals surface area contributed by atoms with Crippen molar-refractivity contribution in [2.24, 2.45) is 5.73 Å². The Hall–Kier alpha value is -1.55. The zero-order valence-electron chi connectivity index (χ0n) is 6.86. The van der Waals surface area contributed by atoms with Gasteiger partial charge in [-0.25, -0.2) is 4.79 Å². The van der Waals surface area contributed by atoms with Gasteiger partial charge in [0.25, 0.3) is 0 Å². The minimum Gasteiger partial charge on any atom is -0.490 e. The molecule has 0 saturated carbocycles. The molecular formula is C9H9NO3. The average molecular weight is 179 g/mol. The summed E-state index contributed by atoms with van der Waals surface area (Å²) in [6.07, 6.45) is 0. The maximum atomic E-state index is 10.9. The third kappa shape index (κ3) is 0.990. The minimum absolute atomic E-state index is 0.00167. The molecule has 1 atom stereocenters. The SMILES string of the molecule is NC1(C(=O)O)COc2ccccc21. The van der Waals surface area contributed by atoms with E-state index >= 15 is 0 Å². The Morgan fingerprint density at radius 1 is 1.54 bits per heavy atom. The molecule has 0 amide bonds. The van der Waals surface area contributed by atoms with E-state index in [1.165, 1.54) is 0 Å². The lowest BCUT2D eigenvalue weighted by atomic mass is 9.94. The van der Waals surface area contributed by atoms with E-state index in [-0.39, 0.29) is 6.61 Å². The third-order valence-corrected chi connectivity index (χ3v) is 2.20. The van der Waals surface area contributed by atoms with Crippen LogP contribution in [0.2, 0.25) is 0 Å². The van der Waals surface area contributed by atoms with E-state index in [4.69, 9.17) is 15.6 Å². The van der Waals surface area contributed by atoms with Crippen LogP contribution in [0.25, 0.3) is 0 Å². The maximum Gasteiger partial charge on any atom is 0.332 e. The second-order valence-electron chi connectivity index (χ2n) is 3.06. The van der Waals surface area contributed by atoms with E-state index in [0.717, 1.165) is 0 Å². The first-order valence-electron chi connectivity index (χ1n) is 3.89. The standard InChI is InChI=1S/C9H9NO3/c10-9(8(11)12)5-13-7-4-2-1-3-6(7)9/h1-4H,5,10H2,(H,11,12). The van der Waals surface area contributed by atoms with Gasteiger partial charge in [0.15, 0.2) is 5.54 Å². The summed E-state index contributed by atoms with van der Waals surface area (Å²) in [6, 6.07) is 6.92. The van der Waals surface area contributed by atoms with Crippen molar-refractivity contribution in [1.82, 2.24) is 0 Å². The number of fused-ring (bicyclic) bond motifs is 1. The van der Waals surface area contributed by atoms with Crippen molar-refractivity contribution in [2.45, 2.75) is 5.54 Å². The predicted molar refractivity (Wildman–Crippen MR) is 45.4 cm³/mol. The lowest BCUT2D eigenvalue weighted by molar-refractivity contribution is -0.144. The van der Waals surface area contributed by atoms with E-state index in [1.54, 1.807) is 24.3 Å². The topological polar surface area (TPSA) is 72.6 Å². The Bertz CT molecular complexity index is 364. The number of aliphatic carboxylic acids is 1. The summed E-state index contributed by atoms with van der Waals surface area (Å²) < 4.78 is 5.17. The molecule has 1 unspecified atom stereocenters. The molecule has 0 fully saturated rings. The zero-order chi connectivity index (χ0) is 9.47. The molecule has 68 valence electrons. The molecule has 1 aliphatic heterocycles. The second kappa shape index (κ2) is 2.47. The molecule has 0 radical (unpaired) electrons. The highest BCUT2D eigenvalue weighted by Gasteiger charge is 2.43. The first-order chi connectivity index (χ1) is 6.14. The van der Waals surface area contributed by atoms with Gasteiger partial charge in [-0.15, -0.1) is 0 Å². The van der Waals surface area contributed by atoms with E-state index in [1.807, 2.05) is 0 Å². The summed E-state index contributed by atoms with van der Waals surface area (Å²) in [5.41, 5.74) is 4.85. The highest BCUT2D eigenvalue weighted by Crippen LogP contribution is 2.34. The molecule has 0 saturated heterocycles. The smallest absolute Gasteiger partial charge is 0.332 e. The summed E-state index contributed by atoms with van der Waals surface area (Å²) in [6.45, 7) is 0.00167. The summed E-state index contributed by atoms with van der Waals surface area (Å²) >= 11 is 0. The number of hydrogen-bond donors (Lipinski definition) is 2. The number of hydrogen-bond acceptors (Lipinski definition) is 3. The molecule has 0 aliphatic carbocycles. The van der Waals surface area contributed by atoms with Gasteiger partial charge in [0.1, 0.15) is 12.4 Å². The molecule has 0 spiro atoms. The zero-order valence-corrected chi connectivity index (χ0v) is 6.86. The van der Waals surface area contributed by atoms with Gasteiger partial charge in [-0.2, -0.15) is 0 Å². The van der Waals surface area contributed by atoms with Gasteiger partial charge >= 0.3 is 5.97 Å². The van der Waals surface area contributed by atoms with Gasteiger partial charge < -0.3 is 15.6 Å². The van der Waals surface area contributed by atoms with Crippen molar-refractivity contribution in [2.75, 3.05) is 6.61 Å². The Kier molecular flexibility index (Phi) is 1.53. The van der Waals surface area contributed by atoms with Crippen molar-refractivity contribution >= 4 is 5.97 Å². The van der Waals surface area contributed by atoms with Crippen LogP contribution in [-0.4, -0.2) is 17.7 Å². The van der Waals surface area contributed by atoms with Crippen LogP contribution in [0.5, 0.6) is 5.75 Å². The normalized spacial score (nSPS) is 25.0. The monoisotopic (exact) mass is 179 g/mol. The van der Waals surface area contributed by atoms with Gasteiger partial charge in [-0.3, -0.25) is 0 Å². The van der Waals surface area contributed by atoms with Crippen LogP contribution in [0.1, 0.15) is 5.56 Å². The summed E-state index contributed by atoms with van der Waals surface area (Å²) in [5.74, 6) is -0.496. The first kappa shape index (κ1) is 8.07. The van der Waals surface area contributed by atoms with Gasteiger partial charge in [-0.1, -0.05) is 18.2 Å². The van der Waals surface area contributed by atoms with Crippen molar-refractivity contribution in [3.63, 3.8) is 0 Å². The van der Waals surface area contributed by atoms with Crippen LogP contribution < -0.4 is 10.5 Å². The van der Waals surface area contributed by atoms with Gasteiger partial charge in [0.05, 0.1) is 0 Å². The van der Waals surface area contributed by atoms with Gasteiger partial charge in [0.2, 0.25) is 0 Å². The molecule has 0 bridgehead atoms. The first-order valence-corrected chi connectivity index (χ1v) is 3.89. The van der Waals surface area contributed by atoms with Crippen LogP contribution in [-0.2, 0) is 10.3 Å². The predicted octanol–water partition coefficient (Wildman–Crippen LogP) is 0.318. The molecule has 0 aromatic heterocycles. The number of carboxylic acid groups (broad SMARTS) is 1. The second-order valence-corrected chi connectivity index (χ2v) is 3.06. The number of carbonyl (C=O) groups is 1. The molecular weight excluding hydrogens is 170 g/mol. The Morgan fingerprint density at radius 3 is 2.92 bits per heavy atom. The van der Waals surface area contributed by atoms with E-state index in [0.29, 0.717) is 11.3 Å². The fourth-order valence-corrected chi connectivity index (χ4v) is 1.41. The van der Waals surface area contributed by atoms with Crippen LogP contribution >= 0.6 is 0 Å². The van der Waals surface area contributed by atoms with Crippen molar-refractivity contribution in [3.8, 4) is 5.75 Å². The number of benzene rings is 1. The Labute approximate surface area is 74.9 Å². The molecule has 1 heterocycles. The fraction of sp³-hybridized carbons (Fsp3) is 0.222. The Balaban J connectivity index is 2.55. The molecule has 1 aromatic rings. The number of carboxylic acids is 1. The maximum absolute atomic E-state index is 10.9. The average Bonchev–Trinajstić information content (AvgIpc) is 2.47. The largest absolute Gasteiger partial charge is 0.490 e. The van der Waals surface area contributed by atoms with Gasteiger partial charge in [0, 0.05) is 5.56 Å². The number of para-hydroxylation sites is 1. The fourth-order valence-electron chi connectivity index (χ4n) is 1.41. The molecule has 1 aromatic carbocycles. The summed E-state index contributed by atoms with van der Waals surface area (Å²) in [5, 5.41) is 8.91. The molecule has 4 nitrogen and oxygen atoms in total. The minimum atomic E-state index is -1.38. The Morgan fingerprint density at radius 2 is 2.23 bits per heavy atom. The number of nitrogens with two attached hydrogens (primary N) is 1. The molecule has 13 heavy (non-hydrogen) atoms. The van der Waals surface area contributed by atoms with Gasteiger partial charge in [-0.05, 0) is 6.07 Å². The lowest BCUT2D eigenvalue weighted by Gasteiger charge is -2.15. The number of ether oxygens (including phenoxy) is 1.